The van der Waals surface area contributed by atoms with Crippen LogP contribution in [0.4, 0.5) is 0 Å². The summed E-state index contributed by atoms with van der Waals surface area (Å²) < 4.78 is 2.58. The fraction of sp³-hybridized carbons (Fsp3) is 1.00. The van der Waals surface area contributed by atoms with E-state index in [-0.39, 0.29) is 0 Å². The molecule has 0 N–H and O–H groups in total. The van der Waals surface area contributed by atoms with Crippen molar-refractivity contribution in [1.29, 1.82) is 0 Å². The van der Waals surface area contributed by atoms with E-state index in [9.17, 15) is 0 Å². The van der Waals surface area contributed by atoms with E-state index in [1.807, 2.05) is 0 Å². The molecule has 12 heavy (non-hydrogen) atoms. The molecule has 0 rings (SSSR count). The van der Waals surface area contributed by atoms with E-state index in [1.165, 1.54) is 36.3 Å². The molecule has 0 unspecified atom stereocenters. The van der Waals surface area contributed by atoms with E-state index in [4.69, 9.17) is 0 Å². The summed E-state index contributed by atoms with van der Waals surface area (Å²) in [5.74, 6) is 1.72. The molecule has 0 aliphatic heterocycles. The summed E-state index contributed by atoms with van der Waals surface area (Å²) in [6, 6.07) is 0. The Morgan fingerprint density at radius 3 is 1.50 bits per heavy atom. The van der Waals surface area contributed by atoms with Crippen molar-refractivity contribution in [3.63, 3.8) is 0 Å². The van der Waals surface area contributed by atoms with Gasteiger partial charge in [-0.15, -0.1) is 0 Å². The highest BCUT2D eigenvalue weighted by atomic mass is 28.2. The fourth-order valence-electron chi connectivity index (χ4n) is 1.07. The van der Waals surface area contributed by atoms with Crippen molar-refractivity contribution >= 4 is 10.4 Å². The Bertz CT molecular complexity index is 90.0. The first-order valence-corrected chi connectivity index (χ1v) is 6.10. The van der Waals surface area contributed by atoms with Crippen molar-refractivity contribution in [2.75, 3.05) is 13.1 Å². The Morgan fingerprint density at radius 2 is 1.25 bits per heavy atom. The second kappa shape index (κ2) is 6.67. The van der Waals surface area contributed by atoms with Crippen LogP contribution < -0.4 is 0 Å². The average molecular weight is 187 g/mol. The van der Waals surface area contributed by atoms with Crippen LogP contribution in [0.5, 0.6) is 0 Å². The first kappa shape index (κ1) is 12.2. The highest BCUT2D eigenvalue weighted by Gasteiger charge is 2.01. The van der Waals surface area contributed by atoms with E-state index in [2.05, 4.69) is 32.3 Å². The fourth-order valence-corrected chi connectivity index (χ4v) is 1.59. The Labute approximate surface area is 81.0 Å². The van der Waals surface area contributed by atoms with Crippen molar-refractivity contribution in [2.24, 2.45) is 11.8 Å². The summed E-state index contributed by atoms with van der Waals surface area (Å²) in [6.07, 6.45) is 2.73. The van der Waals surface area contributed by atoms with Gasteiger partial charge >= 0.3 is 0 Å². The number of nitrogens with zero attached hydrogens (tertiary/aromatic N) is 1. The summed E-state index contributed by atoms with van der Waals surface area (Å²) >= 11 is 0. The molecule has 0 spiro atoms. The number of hydrogen-bond donors (Lipinski definition) is 0. The minimum absolute atomic E-state index is 0.862. The van der Waals surface area contributed by atoms with Crippen LogP contribution in [0, 0.1) is 11.8 Å². The van der Waals surface area contributed by atoms with Gasteiger partial charge in [-0.3, -0.25) is 0 Å². The third-order valence-corrected chi connectivity index (χ3v) is 3.07. The molecule has 0 saturated heterocycles. The summed E-state index contributed by atoms with van der Waals surface area (Å²) in [7, 11) is 1.23. The van der Waals surface area contributed by atoms with Crippen molar-refractivity contribution in [1.82, 2.24) is 4.57 Å². The largest absolute Gasteiger partial charge is 0.332 e. The second-order valence-electron chi connectivity index (χ2n) is 4.67. The van der Waals surface area contributed by atoms with Gasteiger partial charge in [0.05, 0.1) is 10.4 Å². The molecule has 0 fully saturated rings. The second-order valence-corrected chi connectivity index (χ2v) is 5.93. The molecule has 0 atom stereocenters. The molecule has 0 aliphatic carbocycles. The van der Waals surface area contributed by atoms with Crippen molar-refractivity contribution in [3.05, 3.63) is 0 Å². The summed E-state index contributed by atoms with van der Waals surface area (Å²) in [6.45, 7) is 11.8. The minimum atomic E-state index is 0.862. The monoisotopic (exact) mass is 187 g/mol. The zero-order valence-corrected chi connectivity index (χ0v) is 11.4. The van der Waals surface area contributed by atoms with Gasteiger partial charge in [0.25, 0.3) is 0 Å². The highest BCUT2D eigenvalue weighted by Crippen LogP contribution is 2.03. The molecule has 0 aromatic rings. The molecule has 0 radical (unpaired) electrons. The maximum Gasteiger partial charge on any atom is 0.0784 e. The van der Waals surface area contributed by atoms with Gasteiger partial charge in [0.2, 0.25) is 0 Å². The van der Waals surface area contributed by atoms with Crippen LogP contribution in [0.15, 0.2) is 0 Å². The van der Waals surface area contributed by atoms with E-state index in [1.54, 1.807) is 0 Å². The lowest BCUT2D eigenvalue weighted by Crippen LogP contribution is -2.24. The van der Waals surface area contributed by atoms with E-state index in [0.29, 0.717) is 0 Å². The topological polar surface area (TPSA) is 3.24 Å². The van der Waals surface area contributed by atoms with E-state index >= 15 is 0 Å². The predicted octanol–water partition coefficient (Wildman–Crippen LogP) is 1.66. The van der Waals surface area contributed by atoms with E-state index < -0.39 is 0 Å². The minimum Gasteiger partial charge on any atom is -0.332 e. The van der Waals surface area contributed by atoms with Crippen LogP contribution in [-0.2, 0) is 0 Å². The first-order chi connectivity index (χ1) is 5.52. The van der Waals surface area contributed by atoms with Crippen LogP contribution in [0.3, 0.4) is 0 Å². The van der Waals surface area contributed by atoms with Crippen LogP contribution >= 0.6 is 0 Å². The molecular weight excluding hydrogens is 162 g/mol. The highest BCUT2D eigenvalue weighted by molar-refractivity contribution is 6.04. The van der Waals surface area contributed by atoms with Crippen molar-refractivity contribution in [3.8, 4) is 0 Å². The van der Waals surface area contributed by atoms with Gasteiger partial charge in [-0.1, -0.05) is 27.7 Å². The summed E-state index contributed by atoms with van der Waals surface area (Å²) in [5.41, 5.74) is 0. The third kappa shape index (κ3) is 8.28. The van der Waals surface area contributed by atoms with Crippen LogP contribution in [-0.4, -0.2) is 28.1 Å². The SMILES string of the molecule is CC(C)CCN([SiH3])CCC(C)C. The van der Waals surface area contributed by atoms with Gasteiger partial charge < -0.3 is 4.57 Å². The van der Waals surface area contributed by atoms with Gasteiger partial charge in [0.1, 0.15) is 0 Å². The lowest BCUT2D eigenvalue weighted by Gasteiger charge is -2.19. The molecule has 74 valence electrons. The lowest BCUT2D eigenvalue weighted by molar-refractivity contribution is 0.377. The molecule has 0 heterocycles. The Hall–Kier alpha value is 0.177. The number of hydrogen-bond acceptors (Lipinski definition) is 1. The van der Waals surface area contributed by atoms with Gasteiger partial charge in [0.15, 0.2) is 0 Å². The normalized spacial score (nSPS) is 12.2. The maximum absolute atomic E-state index is 2.58. The molecular formula is C10H25NSi. The van der Waals surface area contributed by atoms with Crippen LogP contribution in [0.1, 0.15) is 40.5 Å². The quantitative estimate of drug-likeness (QED) is 0.572. The lowest BCUT2D eigenvalue weighted by atomic mass is 10.1. The average Bonchev–Trinajstić information content (AvgIpc) is 1.96. The summed E-state index contributed by atoms with van der Waals surface area (Å²) in [5, 5.41) is 0. The molecule has 0 aromatic heterocycles. The molecule has 0 aliphatic rings. The van der Waals surface area contributed by atoms with Crippen molar-refractivity contribution in [2.45, 2.75) is 40.5 Å². The van der Waals surface area contributed by atoms with E-state index in [0.717, 1.165) is 11.8 Å². The van der Waals surface area contributed by atoms with Gasteiger partial charge in [-0.25, -0.2) is 0 Å². The predicted molar refractivity (Wildman–Crippen MR) is 60.4 cm³/mol. The molecule has 0 aromatic carbocycles. The third-order valence-electron chi connectivity index (χ3n) is 2.18. The maximum atomic E-state index is 2.58. The summed E-state index contributed by atoms with van der Waals surface area (Å²) in [4.78, 5) is 0. The standard InChI is InChI=1S/C10H25NSi/c1-9(2)5-7-11(12)8-6-10(3)4/h9-10H,5-8H2,1-4,12H3. The molecule has 0 saturated carbocycles. The molecule has 0 amide bonds. The smallest absolute Gasteiger partial charge is 0.0784 e. The number of rotatable bonds is 6. The van der Waals surface area contributed by atoms with Gasteiger partial charge in [-0.2, -0.15) is 0 Å². The Kier molecular flexibility index (Phi) is 6.77. The zero-order chi connectivity index (χ0) is 9.56. The molecule has 0 bridgehead atoms. The van der Waals surface area contributed by atoms with Crippen LogP contribution in [0.2, 0.25) is 0 Å². The first-order valence-electron chi connectivity index (χ1n) is 5.21. The van der Waals surface area contributed by atoms with Gasteiger partial charge in [0, 0.05) is 0 Å². The Morgan fingerprint density at radius 1 is 0.917 bits per heavy atom. The van der Waals surface area contributed by atoms with Gasteiger partial charge in [-0.05, 0) is 37.8 Å². The Balaban J connectivity index is 3.27. The molecule has 1 nitrogen and oxygen atoms in total. The molecule has 2 heteroatoms. The van der Waals surface area contributed by atoms with Crippen LogP contribution in [0.25, 0.3) is 0 Å². The zero-order valence-electron chi connectivity index (χ0n) is 9.43. The van der Waals surface area contributed by atoms with Crippen molar-refractivity contribution < 1.29 is 0 Å².